The molecule has 92 valence electrons. The minimum atomic E-state index is -0.778. The fourth-order valence-corrected chi connectivity index (χ4v) is 1.65. The highest BCUT2D eigenvalue weighted by Crippen LogP contribution is 2.15. The van der Waals surface area contributed by atoms with Crippen molar-refractivity contribution in [1.29, 1.82) is 0 Å². The molecule has 3 N–H and O–H groups in total. The first-order valence-electron chi connectivity index (χ1n) is 5.81. The second-order valence-corrected chi connectivity index (χ2v) is 4.35. The van der Waals surface area contributed by atoms with E-state index in [1.54, 1.807) is 0 Å². The van der Waals surface area contributed by atoms with E-state index in [-0.39, 0.29) is 18.2 Å². The lowest BCUT2D eigenvalue weighted by Crippen LogP contribution is -2.49. The Morgan fingerprint density at radius 3 is 2.62 bits per heavy atom. The highest BCUT2D eigenvalue weighted by molar-refractivity contribution is 5.78. The van der Waals surface area contributed by atoms with Crippen LogP contribution >= 0.6 is 0 Å². The van der Waals surface area contributed by atoms with Crippen LogP contribution in [0.5, 0.6) is 0 Å². The number of amides is 1. The van der Waals surface area contributed by atoms with Crippen LogP contribution < -0.4 is 10.6 Å². The van der Waals surface area contributed by atoms with Crippen molar-refractivity contribution >= 4 is 11.9 Å². The largest absolute Gasteiger partial charge is 0.481 e. The van der Waals surface area contributed by atoms with Crippen LogP contribution in [0.15, 0.2) is 0 Å². The van der Waals surface area contributed by atoms with E-state index in [0.29, 0.717) is 18.9 Å². The van der Waals surface area contributed by atoms with Crippen LogP contribution in [0.2, 0.25) is 0 Å². The summed E-state index contributed by atoms with van der Waals surface area (Å²) in [5.74, 6) is -0.179. The van der Waals surface area contributed by atoms with Crippen molar-refractivity contribution in [2.75, 3.05) is 19.6 Å². The molecule has 1 atom stereocenters. The third-order valence-electron chi connectivity index (χ3n) is 3.05. The Labute approximate surface area is 95.6 Å². The van der Waals surface area contributed by atoms with Gasteiger partial charge in [0.25, 0.3) is 0 Å². The van der Waals surface area contributed by atoms with Gasteiger partial charge in [0, 0.05) is 18.9 Å². The Bertz CT molecular complexity index is 252. The molecule has 1 aliphatic heterocycles. The number of nitrogens with one attached hydrogen (secondary N) is 2. The van der Waals surface area contributed by atoms with Gasteiger partial charge in [-0.2, -0.15) is 0 Å². The summed E-state index contributed by atoms with van der Waals surface area (Å²) in [6.07, 6.45) is 1.53. The number of hydrogen-bond donors (Lipinski definition) is 3. The third kappa shape index (κ3) is 4.18. The highest BCUT2D eigenvalue weighted by Gasteiger charge is 2.28. The molecular formula is C11H20N2O3. The number of unbranched alkanes of at least 4 members (excludes halogenated alkanes) is 1. The molecule has 0 bridgehead atoms. The zero-order chi connectivity index (χ0) is 12.0. The minimum absolute atomic E-state index is 0.0562. The first-order chi connectivity index (χ1) is 7.61. The first kappa shape index (κ1) is 13.0. The van der Waals surface area contributed by atoms with E-state index >= 15 is 0 Å². The Hall–Kier alpha value is -1.10. The monoisotopic (exact) mass is 228 g/mol. The van der Waals surface area contributed by atoms with Gasteiger partial charge in [0.2, 0.25) is 5.91 Å². The quantitative estimate of drug-likeness (QED) is 0.544. The van der Waals surface area contributed by atoms with Gasteiger partial charge in [0.1, 0.15) is 0 Å². The standard InChI is InChI=1S/C11H20N2O3/c1-8(9-6-12-7-9)11(16)13-5-3-2-4-10(14)15/h8-9,12H,2-7H2,1H3,(H,13,16)(H,14,15). The zero-order valence-corrected chi connectivity index (χ0v) is 9.66. The number of carbonyl (C=O) groups excluding carboxylic acids is 1. The molecule has 1 amide bonds. The highest BCUT2D eigenvalue weighted by atomic mass is 16.4. The number of carboxylic acid groups (broad SMARTS) is 1. The molecular weight excluding hydrogens is 208 g/mol. The molecule has 1 aliphatic rings. The van der Waals surface area contributed by atoms with Gasteiger partial charge in [-0.15, -0.1) is 0 Å². The normalized spacial score (nSPS) is 17.6. The lowest BCUT2D eigenvalue weighted by Gasteiger charge is -2.31. The lowest BCUT2D eigenvalue weighted by atomic mass is 9.88. The smallest absolute Gasteiger partial charge is 0.303 e. The summed E-state index contributed by atoms with van der Waals surface area (Å²) in [6, 6.07) is 0. The van der Waals surface area contributed by atoms with Crippen LogP contribution in [0, 0.1) is 11.8 Å². The molecule has 1 saturated heterocycles. The molecule has 0 aliphatic carbocycles. The van der Waals surface area contributed by atoms with Crippen LogP contribution in [0.3, 0.4) is 0 Å². The fourth-order valence-electron chi connectivity index (χ4n) is 1.65. The number of carboxylic acids is 1. The summed E-state index contributed by atoms with van der Waals surface area (Å²) in [5, 5.41) is 14.4. The van der Waals surface area contributed by atoms with Gasteiger partial charge < -0.3 is 15.7 Å². The van der Waals surface area contributed by atoms with Crippen molar-refractivity contribution in [2.24, 2.45) is 11.8 Å². The van der Waals surface area contributed by atoms with Gasteiger partial charge in [0.05, 0.1) is 0 Å². The van der Waals surface area contributed by atoms with Crippen LogP contribution in [0.1, 0.15) is 26.2 Å². The Morgan fingerprint density at radius 1 is 1.44 bits per heavy atom. The Kier molecular flexibility index (Phi) is 5.25. The molecule has 0 spiro atoms. The maximum Gasteiger partial charge on any atom is 0.303 e. The van der Waals surface area contributed by atoms with Gasteiger partial charge in [0.15, 0.2) is 0 Å². The lowest BCUT2D eigenvalue weighted by molar-refractivity contribution is -0.137. The van der Waals surface area contributed by atoms with Gasteiger partial charge in [-0.05, 0) is 31.8 Å². The summed E-state index contributed by atoms with van der Waals surface area (Å²) in [6.45, 7) is 4.37. The Morgan fingerprint density at radius 2 is 2.12 bits per heavy atom. The summed E-state index contributed by atoms with van der Waals surface area (Å²) < 4.78 is 0. The number of carbonyl (C=O) groups is 2. The molecule has 0 saturated carbocycles. The topological polar surface area (TPSA) is 78.4 Å². The van der Waals surface area contributed by atoms with E-state index in [0.717, 1.165) is 19.5 Å². The molecule has 0 radical (unpaired) electrons. The van der Waals surface area contributed by atoms with Crippen LogP contribution in [0.4, 0.5) is 0 Å². The van der Waals surface area contributed by atoms with Gasteiger partial charge in [-0.3, -0.25) is 9.59 Å². The van der Waals surface area contributed by atoms with E-state index in [1.807, 2.05) is 6.92 Å². The molecule has 1 heterocycles. The van der Waals surface area contributed by atoms with Crippen molar-refractivity contribution < 1.29 is 14.7 Å². The van der Waals surface area contributed by atoms with Crippen molar-refractivity contribution in [3.63, 3.8) is 0 Å². The average molecular weight is 228 g/mol. The molecule has 5 nitrogen and oxygen atoms in total. The van der Waals surface area contributed by atoms with Gasteiger partial charge >= 0.3 is 5.97 Å². The summed E-state index contributed by atoms with van der Waals surface area (Å²) in [5.41, 5.74) is 0. The maximum absolute atomic E-state index is 11.6. The molecule has 16 heavy (non-hydrogen) atoms. The van der Waals surface area contributed by atoms with E-state index in [1.165, 1.54) is 0 Å². The second kappa shape index (κ2) is 6.48. The summed E-state index contributed by atoms with van der Waals surface area (Å²) in [4.78, 5) is 21.9. The van der Waals surface area contributed by atoms with E-state index in [9.17, 15) is 9.59 Å². The van der Waals surface area contributed by atoms with Crippen molar-refractivity contribution in [1.82, 2.24) is 10.6 Å². The van der Waals surface area contributed by atoms with Gasteiger partial charge in [-0.1, -0.05) is 6.92 Å². The number of hydrogen-bond acceptors (Lipinski definition) is 3. The molecule has 1 rings (SSSR count). The predicted molar refractivity (Wildman–Crippen MR) is 60.0 cm³/mol. The summed E-state index contributed by atoms with van der Waals surface area (Å²) >= 11 is 0. The molecule has 0 aromatic rings. The average Bonchev–Trinajstić information content (AvgIpc) is 2.13. The van der Waals surface area contributed by atoms with E-state index < -0.39 is 5.97 Å². The molecule has 0 aromatic heterocycles. The van der Waals surface area contributed by atoms with Crippen LogP contribution in [-0.4, -0.2) is 36.6 Å². The first-order valence-corrected chi connectivity index (χ1v) is 5.81. The summed E-state index contributed by atoms with van der Waals surface area (Å²) in [7, 11) is 0. The predicted octanol–water partition coefficient (Wildman–Crippen LogP) is 0.213. The molecule has 0 aromatic carbocycles. The van der Waals surface area contributed by atoms with Crippen molar-refractivity contribution in [3.8, 4) is 0 Å². The molecule has 1 fully saturated rings. The molecule has 1 unspecified atom stereocenters. The second-order valence-electron chi connectivity index (χ2n) is 4.35. The number of rotatable bonds is 7. The fraction of sp³-hybridized carbons (Fsp3) is 0.818. The maximum atomic E-state index is 11.6. The Balaban J connectivity index is 2.03. The van der Waals surface area contributed by atoms with Crippen LogP contribution in [-0.2, 0) is 9.59 Å². The van der Waals surface area contributed by atoms with Gasteiger partial charge in [-0.25, -0.2) is 0 Å². The number of aliphatic carboxylic acids is 1. The minimum Gasteiger partial charge on any atom is -0.481 e. The van der Waals surface area contributed by atoms with E-state index in [2.05, 4.69) is 10.6 Å². The van der Waals surface area contributed by atoms with E-state index in [4.69, 9.17) is 5.11 Å². The van der Waals surface area contributed by atoms with Crippen LogP contribution in [0.25, 0.3) is 0 Å². The van der Waals surface area contributed by atoms with Crippen molar-refractivity contribution in [2.45, 2.75) is 26.2 Å². The zero-order valence-electron chi connectivity index (χ0n) is 9.66. The third-order valence-corrected chi connectivity index (χ3v) is 3.05. The van der Waals surface area contributed by atoms with Crippen molar-refractivity contribution in [3.05, 3.63) is 0 Å². The molecule has 5 heteroatoms. The SMILES string of the molecule is CC(C(=O)NCCCCC(=O)O)C1CNC1.